The predicted octanol–water partition coefficient (Wildman–Crippen LogP) is 3.63. The fourth-order valence-corrected chi connectivity index (χ4v) is 2.92. The van der Waals surface area contributed by atoms with Gasteiger partial charge in [0.15, 0.2) is 15.7 Å². The Morgan fingerprint density at radius 1 is 1.00 bits per heavy atom. The molecule has 0 atom stereocenters. The van der Waals surface area contributed by atoms with Crippen LogP contribution in [0.25, 0.3) is 17.1 Å². The number of hydrogen-bond acceptors (Lipinski definition) is 4. The highest BCUT2D eigenvalue weighted by Crippen LogP contribution is 2.31. The van der Waals surface area contributed by atoms with Crippen LogP contribution in [0.1, 0.15) is 5.82 Å². The topological polar surface area (TPSA) is 64.8 Å². The van der Waals surface area contributed by atoms with E-state index in [9.17, 15) is 30.4 Å². The van der Waals surface area contributed by atoms with E-state index in [4.69, 9.17) is 0 Å². The molecule has 1 aromatic heterocycles. The number of alkyl halides is 3. The van der Waals surface area contributed by atoms with E-state index in [1.807, 2.05) is 0 Å². The van der Waals surface area contributed by atoms with Crippen LogP contribution in [-0.4, -0.2) is 29.4 Å². The SMILES string of the molecule is CS(=O)(=O)c1ccc(-n2nc(C(F)(F)F)nc2-c2cc(F)ccc2F)cc1. The van der Waals surface area contributed by atoms with Gasteiger partial charge >= 0.3 is 6.18 Å². The zero-order valence-corrected chi connectivity index (χ0v) is 14.3. The van der Waals surface area contributed by atoms with E-state index in [1.54, 1.807) is 0 Å². The summed E-state index contributed by atoms with van der Waals surface area (Å²) in [6.45, 7) is 0. The number of hydrogen-bond donors (Lipinski definition) is 0. The summed E-state index contributed by atoms with van der Waals surface area (Å²) < 4.78 is 90.3. The molecule has 0 saturated carbocycles. The highest BCUT2D eigenvalue weighted by molar-refractivity contribution is 7.90. The zero-order chi connectivity index (χ0) is 20.0. The molecule has 0 amide bonds. The minimum Gasteiger partial charge on any atom is -0.224 e. The summed E-state index contributed by atoms with van der Waals surface area (Å²) >= 11 is 0. The van der Waals surface area contributed by atoms with Gasteiger partial charge in [0.25, 0.3) is 5.82 Å². The molecule has 5 nitrogen and oxygen atoms in total. The van der Waals surface area contributed by atoms with E-state index in [-0.39, 0.29) is 10.6 Å². The van der Waals surface area contributed by atoms with Crippen LogP contribution in [0.5, 0.6) is 0 Å². The summed E-state index contributed by atoms with van der Waals surface area (Å²) in [5.74, 6) is -3.99. The van der Waals surface area contributed by atoms with Gasteiger partial charge in [0.1, 0.15) is 11.6 Å². The molecule has 0 saturated heterocycles. The van der Waals surface area contributed by atoms with Gasteiger partial charge in [-0.25, -0.2) is 26.9 Å². The first-order chi connectivity index (χ1) is 12.5. The maximum absolute atomic E-state index is 14.1. The van der Waals surface area contributed by atoms with Crippen molar-refractivity contribution in [1.82, 2.24) is 14.8 Å². The molecule has 0 aliphatic carbocycles. The molecule has 0 radical (unpaired) electrons. The molecule has 0 N–H and O–H groups in total. The fourth-order valence-electron chi connectivity index (χ4n) is 2.29. The summed E-state index contributed by atoms with van der Waals surface area (Å²) in [6, 6.07) is 6.95. The average Bonchev–Trinajstić information content (AvgIpc) is 3.02. The van der Waals surface area contributed by atoms with Gasteiger partial charge in [0, 0.05) is 6.26 Å². The van der Waals surface area contributed by atoms with Crippen molar-refractivity contribution < 1.29 is 30.4 Å². The Kier molecular flexibility index (Phi) is 4.50. The van der Waals surface area contributed by atoms with Gasteiger partial charge in [-0.05, 0) is 42.5 Å². The Hall–Kier alpha value is -2.82. The summed E-state index contributed by atoms with van der Waals surface area (Å²) in [4.78, 5) is 3.23. The van der Waals surface area contributed by atoms with Crippen LogP contribution in [0.15, 0.2) is 47.4 Å². The van der Waals surface area contributed by atoms with Crippen LogP contribution in [0.3, 0.4) is 0 Å². The molecule has 0 unspecified atom stereocenters. The molecule has 27 heavy (non-hydrogen) atoms. The summed E-state index contributed by atoms with van der Waals surface area (Å²) in [5.41, 5.74) is -0.533. The van der Waals surface area contributed by atoms with Crippen LogP contribution in [0.2, 0.25) is 0 Å². The lowest BCUT2D eigenvalue weighted by Gasteiger charge is -2.08. The minimum atomic E-state index is -4.92. The van der Waals surface area contributed by atoms with Crippen LogP contribution in [0, 0.1) is 11.6 Å². The van der Waals surface area contributed by atoms with Crippen molar-refractivity contribution >= 4 is 9.84 Å². The fraction of sp³-hybridized carbons (Fsp3) is 0.125. The predicted molar refractivity (Wildman–Crippen MR) is 84.8 cm³/mol. The van der Waals surface area contributed by atoms with Crippen LogP contribution in [0.4, 0.5) is 22.0 Å². The lowest BCUT2D eigenvalue weighted by molar-refractivity contribution is -0.144. The van der Waals surface area contributed by atoms with Crippen molar-refractivity contribution in [3.8, 4) is 17.1 Å². The molecule has 1 heterocycles. The standard InChI is InChI=1S/C16H10F5N3O2S/c1-27(25,26)11-5-3-10(4-6-11)24-14(22-15(23-24)16(19,20)21)12-8-9(17)2-7-13(12)18/h2-8H,1H3. The third-order valence-electron chi connectivity index (χ3n) is 3.54. The van der Waals surface area contributed by atoms with Gasteiger partial charge in [-0.2, -0.15) is 13.2 Å². The largest absolute Gasteiger partial charge is 0.453 e. The van der Waals surface area contributed by atoms with Crippen molar-refractivity contribution in [2.24, 2.45) is 0 Å². The van der Waals surface area contributed by atoms with E-state index >= 15 is 0 Å². The first-order valence-electron chi connectivity index (χ1n) is 7.27. The summed E-state index contributed by atoms with van der Waals surface area (Å²) in [7, 11) is -3.53. The maximum Gasteiger partial charge on any atom is 0.453 e. The Balaban J connectivity index is 2.23. The molecule has 3 rings (SSSR count). The Morgan fingerprint density at radius 2 is 1.63 bits per heavy atom. The second kappa shape index (κ2) is 6.41. The van der Waals surface area contributed by atoms with E-state index in [0.717, 1.165) is 30.5 Å². The van der Waals surface area contributed by atoms with E-state index in [0.29, 0.717) is 10.7 Å². The van der Waals surface area contributed by atoms with Crippen molar-refractivity contribution in [2.75, 3.05) is 6.26 Å². The highest BCUT2D eigenvalue weighted by atomic mass is 32.2. The molecule has 0 fully saturated rings. The van der Waals surface area contributed by atoms with Gasteiger partial charge < -0.3 is 0 Å². The van der Waals surface area contributed by atoms with Gasteiger partial charge in [0.05, 0.1) is 16.1 Å². The summed E-state index contributed by atoms with van der Waals surface area (Å²) in [6.07, 6.45) is -3.96. The third-order valence-corrected chi connectivity index (χ3v) is 4.67. The number of sulfone groups is 1. The Labute approximate surface area is 150 Å². The molecular formula is C16H10F5N3O2S. The Morgan fingerprint density at radius 3 is 2.19 bits per heavy atom. The van der Waals surface area contributed by atoms with Gasteiger partial charge in [-0.15, -0.1) is 5.10 Å². The third kappa shape index (κ3) is 3.82. The van der Waals surface area contributed by atoms with Crippen LogP contribution >= 0.6 is 0 Å². The van der Waals surface area contributed by atoms with E-state index in [1.165, 1.54) is 12.1 Å². The second-order valence-corrected chi connectivity index (χ2v) is 7.57. The minimum absolute atomic E-state index is 0.0101. The molecule has 0 aliphatic heterocycles. The van der Waals surface area contributed by atoms with Crippen molar-refractivity contribution in [3.63, 3.8) is 0 Å². The molecule has 3 aromatic rings. The number of halogens is 5. The lowest BCUT2D eigenvalue weighted by Crippen LogP contribution is -2.08. The smallest absolute Gasteiger partial charge is 0.224 e. The number of benzene rings is 2. The van der Waals surface area contributed by atoms with Crippen LogP contribution in [-0.2, 0) is 16.0 Å². The highest BCUT2D eigenvalue weighted by Gasteiger charge is 2.37. The number of rotatable bonds is 3. The lowest BCUT2D eigenvalue weighted by atomic mass is 10.2. The van der Waals surface area contributed by atoms with E-state index in [2.05, 4.69) is 10.1 Å². The van der Waals surface area contributed by atoms with Gasteiger partial charge in [-0.3, -0.25) is 0 Å². The van der Waals surface area contributed by atoms with Crippen molar-refractivity contribution in [2.45, 2.75) is 11.1 Å². The van der Waals surface area contributed by atoms with Gasteiger partial charge in [-0.1, -0.05) is 0 Å². The molecule has 142 valence electrons. The summed E-state index contributed by atoms with van der Waals surface area (Å²) in [5, 5.41) is 3.33. The van der Waals surface area contributed by atoms with E-state index < -0.39 is 44.9 Å². The molecule has 0 aliphatic rings. The van der Waals surface area contributed by atoms with Gasteiger partial charge in [0.2, 0.25) is 0 Å². The molecule has 2 aromatic carbocycles. The number of aromatic nitrogens is 3. The monoisotopic (exact) mass is 403 g/mol. The average molecular weight is 403 g/mol. The van der Waals surface area contributed by atoms with Crippen molar-refractivity contribution in [1.29, 1.82) is 0 Å². The molecule has 11 heteroatoms. The van der Waals surface area contributed by atoms with Crippen molar-refractivity contribution in [3.05, 3.63) is 59.9 Å². The molecule has 0 bridgehead atoms. The molecule has 0 spiro atoms. The Bertz CT molecular complexity index is 1110. The van der Waals surface area contributed by atoms with Crippen LogP contribution < -0.4 is 0 Å². The first-order valence-corrected chi connectivity index (χ1v) is 9.16. The quantitative estimate of drug-likeness (QED) is 0.627. The first kappa shape index (κ1) is 19.0. The number of nitrogens with zero attached hydrogens (tertiary/aromatic N) is 3. The normalized spacial score (nSPS) is 12.4. The maximum atomic E-state index is 14.1. The molecular weight excluding hydrogens is 393 g/mol. The second-order valence-electron chi connectivity index (χ2n) is 5.56. The zero-order valence-electron chi connectivity index (χ0n) is 13.5.